The summed E-state index contributed by atoms with van der Waals surface area (Å²) < 4.78 is 5.75. The maximum atomic E-state index is 12.5. The number of nitrogens with one attached hydrogen (secondary N) is 1. The van der Waals surface area contributed by atoms with Crippen LogP contribution < -0.4 is 5.32 Å². The third kappa shape index (κ3) is 3.59. The lowest BCUT2D eigenvalue weighted by atomic mass is 9.93. The molecule has 4 nitrogen and oxygen atoms in total. The molecule has 0 spiro atoms. The van der Waals surface area contributed by atoms with Crippen LogP contribution in [0.25, 0.3) is 0 Å². The van der Waals surface area contributed by atoms with Crippen molar-refractivity contribution in [2.75, 3.05) is 19.7 Å². The summed E-state index contributed by atoms with van der Waals surface area (Å²) >= 11 is 0. The monoisotopic (exact) mass is 294 g/mol. The number of hydrogen-bond donors (Lipinski definition) is 1. The van der Waals surface area contributed by atoms with Crippen molar-refractivity contribution in [3.05, 3.63) is 0 Å². The van der Waals surface area contributed by atoms with Crippen molar-refractivity contribution in [3.8, 4) is 0 Å². The minimum absolute atomic E-state index is 0.113. The van der Waals surface area contributed by atoms with E-state index in [1.807, 2.05) is 6.92 Å². The maximum Gasteiger partial charge on any atom is 0.252 e. The average Bonchev–Trinajstić information content (AvgIpc) is 3.03. The van der Waals surface area contributed by atoms with Crippen molar-refractivity contribution >= 4 is 5.91 Å². The van der Waals surface area contributed by atoms with E-state index < -0.39 is 5.60 Å². The second kappa shape index (κ2) is 6.66. The molecule has 2 saturated heterocycles. The number of likely N-dealkylation sites (tertiary alicyclic amines) is 1. The number of nitrogens with zero attached hydrogens (tertiary/aromatic N) is 1. The standard InChI is InChI=1S/C17H30N2O2/c1-17(10-4-5-13-21-17)16(20)18-14-8-11-19(12-9-14)15-6-2-3-7-15/h14-15H,2-13H2,1H3,(H,18,20). The van der Waals surface area contributed by atoms with Gasteiger partial charge in [0.25, 0.3) is 5.91 Å². The SMILES string of the molecule is CC1(C(=O)NC2CCN(C3CCCC3)CC2)CCCCO1. The molecule has 2 aliphatic heterocycles. The lowest BCUT2D eigenvalue weighted by Crippen LogP contribution is -2.54. The predicted octanol–water partition coefficient (Wildman–Crippen LogP) is 2.47. The topological polar surface area (TPSA) is 41.6 Å². The van der Waals surface area contributed by atoms with Gasteiger partial charge in [-0.2, -0.15) is 0 Å². The van der Waals surface area contributed by atoms with Gasteiger partial charge in [0, 0.05) is 31.8 Å². The lowest BCUT2D eigenvalue weighted by Gasteiger charge is -2.38. The van der Waals surface area contributed by atoms with Gasteiger partial charge in [-0.1, -0.05) is 12.8 Å². The van der Waals surface area contributed by atoms with Gasteiger partial charge in [0.05, 0.1) is 0 Å². The van der Waals surface area contributed by atoms with E-state index in [2.05, 4.69) is 10.2 Å². The van der Waals surface area contributed by atoms with Crippen LogP contribution >= 0.6 is 0 Å². The van der Waals surface area contributed by atoms with Gasteiger partial charge in [-0.05, 0) is 51.9 Å². The molecule has 0 aromatic rings. The number of carbonyl (C=O) groups is 1. The zero-order valence-corrected chi connectivity index (χ0v) is 13.4. The van der Waals surface area contributed by atoms with Crippen molar-refractivity contribution in [2.45, 2.75) is 82.4 Å². The number of amides is 1. The quantitative estimate of drug-likeness (QED) is 0.869. The molecule has 21 heavy (non-hydrogen) atoms. The molecule has 1 atom stereocenters. The van der Waals surface area contributed by atoms with Gasteiger partial charge in [0.15, 0.2) is 0 Å². The number of carbonyl (C=O) groups excluding carboxylic acids is 1. The molecular weight excluding hydrogens is 264 g/mol. The second-order valence-corrected chi connectivity index (χ2v) is 7.26. The highest BCUT2D eigenvalue weighted by Crippen LogP contribution is 2.27. The third-order valence-electron chi connectivity index (χ3n) is 5.65. The summed E-state index contributed by atoms with van der Waals surface area (Å²) in [6.45, 7) is 4.97. The normalized spacial score (nSPS) is 33.2. The Morgan fingerprint density at radius 3 is 2.43 bits per heavy atom. The molecule has 3 rings (SSSR count). The molecule has 3 fully saturated rings. The summed E-state index contributed by atoms with van der Waals surface area (Å²) in [4.78, 5) is 15.1. The Hall–Kier alpha value is -0.610. The number of hydrogen-bond acceptors (Lipinski definition) is 3. The van der Waals surface area contributed by atoms with Crippen LogP contribution in [-0.4, -0.2) is 48.2 Å². The summed E-state index contributed by atoms with van der Waals surface area (Å²) in [5, 5.41) is 3.25. The Bertz CT molecular complexity index is 352. The van der Waals surface area contributed by atoms with Crippen molar-refractivity contribution < 1.29 is 9.53 Å². The van der Waals surface area contributed by atoms with Crippen molar-refractivity contribution in [1.29, 1.82) is 0 Å². The van der Waals surface area contributed by atoms with Crippen molar-refractivity contribution in [3.63, 3.8) is 0 Å². The Morgan fingerprint density at radius 2 is 1.81 bits per heavy atom. The van der Waals surface area contributed by atoms with E-state index in [0.717, 1.165) is 57.8 Å². The molecule has 0 aromatic carbocycles. The molecule has 1 unspecified atom stereocenters. The van der Waals surface area contributed by atoms with E-state index in [0.29, 0.717) is 6.04 Å². The Kier molecular flexibility index (Phi) is 4.85. The molecule has 0 bridgehead atoms. The highest BCUT2D eigenvalue weighted by molar-refractivity contribution is 5.85. The van der Waals surface area contributed by atoms with E-state index in [9.17, 15) is 4.79 Å². The fraction of sp³-hybridized carbons (Fsp3) is 0.941. The lowest BCUT2D eigenvalue weighted by molar-refractivity contribution is -0.151. The number of ether oxygens (including phenoxy) is 1. The Balaban J connectivity index is 1.45. The highest BCUT2D eigenvalue weighted by Gasteiger charge is 2.37. The Labute approximate surface area is 128 Å². The first-order valence-corrected chi connectivity index (χ1v) is 8.86. The third-order valence-corrected chi connectivity index (χ3v) is 5.65. The number of piperidine rings is 1. The predicted molar refractivity (Wildman–Crippen MR) is 83.2 cm³/mol. The molecule has 2 heterocycles. The molecular formula is C17H30N2O2. The van der Waals surface area contributed by atoms with E-state index in [1.54, 1.807) is 0 Å². The van der Waals surface area contributed by atoms with Crippen LogP contribution in [-0.2, 0) is 9.53 Å². The van der Waals surface area contributed by atoms with Gasteiger partial charge in [-0.15, -0.1) is 0 Å². The summed E-state index contributed by atoms with van der Waals surface area (Å²) in [5.74, 6) is 0.113. The average molecular weight is 294 g/mol. The summed E-state index contributed by atoms with van der Waals surface area (Å²) in [5.41, 5.74) is -0.583. The minimum Gasteiger partial charge on any atom is -0.365 e. The smallest absolute Gasteiger partial charge is 0.252 e. The first-order valence-electron chi connectivity index (χ1n) is 8.86. The van der Waals surface area contributed by atoms with E-state index in [1.165, 1.54) is 25.7 Å². The van der Waals surface area contributed by atoms with Crippen LogP contribution in [0.3, 0.4) is 0 Å². The molecule has 0 radical (unpaired) electrons. The van der Waals surface area contributed by atoms with Crippen molar-refractivity contribution in [2.24, 2.45) is 0 Å². The van der Waals surface area contributed by atoms with Crippen LogP contribution in [0.2, 0.25) is 0 Å². The molecule has 4 heteroatoms. The summed E-state index contributed by atoms with van der Waals surface area (Å²) in [7, 11) is 0. The second-order valence-electron chi connectivity index (χ2n) is 7.26. The molecule has 1 amide bonds. The van der Waals surface area contributed by atoms with Crippen LogP contribution in [0.5, 0.6) is 0 Å². The van der Waals surface area contributed by atoms with E-state index >= 15 is 0 Å². The fourth-order valence-corrected chi connectivity index (χ4v) is 4.13. The number of rotatable bonds is 3. The molecule has 1 aliphatic carbocycles. The van der Waals surface area contributed by atoms with E-state index in [4.69, 9.17) is 4.74 Å². The maximum absolute atomic E-state index is 12.5. The van der Waals surface area contributed by atoms with E-state index in [-0.39, 0.29) is 5.91 Å². The van der Waals surface area contributed by atoms with Gasteiger partial charge in [0.1, 0.15) is 5.60 Å². The Morgan fingerprint density at radius 1 is 1.10 bits per heavy atom. The van der Waals surface area contributed by atoms with Gasteiger partial charge in [0.2, 0.25) is 0 Å². The zero-order chi connectivity index (χ0) is 14.7. The molecule has 1 saturated carbocycles. The van der Waals surface area contributed by atoms with Crippen LogP contribution in [0.1, 0.15) is 64.7 Å². The molecule has 120 valence electrons. The first kappa shape index (κ1) is 15.3. The highest BCUT2D eigenvalue weighted by atomic mass is 16.5. The molecule has 3 aliphatic rings. The molecule has 1 N–H and O–H groups in total. The first-order chi connectivity index (χ1) is 10.2. The van der Waals surface area contributed by atoms with Crippen LogP contribution in [0.15, 0.2) is 0 Å². The minimum atomic E-state index is -0.583. The van der Waals surface area contributed by atoms with Crippen LogP contribution in [0.4, 0.5) is 0 Å². The van der Waals surface area contributed by atoms with Gasteiger partial charge in [-0.25, -0.2) is 0 Å². The van der Waals surface area contributed by atoms with Gasteiger partial charge < -0.3 is 15.0 Å². The van der Waals surface area contributed by atoms with Gasteiger partial charge >= 0.3 is 0 Å². The summed E-state index contributed by atoms with van der Waals surface area (Å²) in [6, 6.07) is 1.17. The zero-order valence-electron chi connectivity index (χ0n) is 13.4. The van der Waals surface area contributed by atoms with Crippen LogP contribution in [0, 0.1) is 0 Å². The van der Waals surface area contributed by atoms with Gasteiger partial charge in [-0.3, -0.25) is 4.79 Å². The molecule has 0 aromatic heterocycles. The van der Waals surface area contributed by atoms with Crippen molar-refractivity contribution in [1.82, 2.24) is 10.2 Å². The fourth-order valence-electron chi connectivity index (χ4n) is 4.13. The largest absolute Gasteiger partial charge is 0.365 e. The summed E-state index contributed by atoms with van der Waals surface area (Å²) in [6.07, 6.45) is 10.8.